The van der Waals surface area contributed by atoms with Crippen LogP contribution in [0.2, 0.25) is 0 Å². The summed E-state index contributed by atoms with van der Waals surface area (Å²) in [6, 6.07) is 9.31. The normalized spacial score (nSPS) is 9.40. The summed E-state index contributed by atoms with van der Waals surface area (Å²) >= 11 is 0. The molecule has 1 aromatic carbocycles. The van der Waals surface area contributed by atoms with Gasteiger partial charge in [-0.15, -0.1) is 0 Å². The largest absolute Gasteiger partial charge is 0.444 e. The van der Waals surface area contributed by atoms with E-state index >= 15 is 0 Å². The highest BCUT2D eigenvalue weighted by atomic mass is 16.6. The van der Waals surface area contributed by atoms with Crippen LogP contribution in [-0.4, -0.2) is 23.9 Å². The third-order valence-electron chi connectivity index (χ3n) is 1.91. The quantitative estimate of drug-likeness (QED) is 0.707. The highest BCUT2D eigenvalue weighted by molar-refractivity contribution is 5.80. The molecular weight excluding hydrogens is 194 g/mol. The number of nitrogens with zero attached hydrogens (tertiary/aromatic N) is 1. The van der Waals surface area contributed by atoms with Gasteiger partial charge in [0.25, 0.3) is 0 Å². The van der Waals surface area contributed by atoms with Crippen molar-refractivity contribution in [3.63, 3.8) is 0 Å². The fourth-order valence-electron chi connectivity index (χ4n) is 1.05. The Morgan fingerprint density at radius 2 is 2.07 bits per heavy atom. The van der Waals surface area contributed by atoms with E-state index in [1.165, 1.54) is 0 Å². The fraction of sp³-hybridized carbons (Fsp3) is 0.273. The van der Waals surface area contributed by atoms with Gasteiger partial charge in [-0.25, -0.2) is 4.79 Å². The van der Waals surface area contributed by atoms with Crippen LogP contribution in [0.5, 0.6) is 0 Å². The highest BCUT2D eigenvalue weighted by Crippen LogP contribution is 2.02. The molecule has 0 N–H and O–H groups in total. The van der Waals surface area contributed by atoms with Crippen LogP contribution in [0, 0.1) is 0 Å². The van der Waals surface area contributed by atoms with Crippen LogP contribution in [0.4, 0.5) is 4.79 Å². The fourth-order valence-corrected chi connectivity index (χ4v) is 1.05. The molecule has 80 valence electrons. The van der Waals surface area contributed by atoms with Gasteiger partial charge in [-0.05, 0) is 12.5 Å². The Morgan fingerprint density at radius 3 is 2.60 bits per heavy atom. The summed E-state index contributed by atoms with van der Waals surface area (Å²) in [5, 5.41) is 0. The zero-order valence-corrected chi connectivity index (χ0v) is 8.55. The average molecular weight is 207 g/mol. The minimum absolute atomic E-state index is 0.185. The Morgan fingerprint density at radius 1 is 1.40 bits per heavy atom. The van der Waals surface area contributed by atoms with Crippen LogP contribution in [0.25, 0.3) is 0 Å². The smallest absolute Gasteiger partial charge is 0.416 e. The molecule has 1 rings (SSSR count). The molecular formula is C11H13NO3. The van der Waals surface area contributed by atoms with E-state index in [0.717, 1.165) is 10.5 Å². The van der Waals surface area contributed by atoms with Gasteiger partial charge in [0.15, 0.2) is 0 Å². The first-order chi connectivity index (χ1) is 7.27. The van der Waals surface area contributed by atoms with Crippen molar-refractivity contribution in [2.75, 3.05) is 6.54 Å². The van der Waals surface area contributed by atoms with Crippen LogP contribution in [0.15, 0.2) is 30.3 Å². The maximum absolute atomic E-state index is 11.3. The van der Waals surface area contributed by atoms with Gasteiger partial charge in [0.2, 0.25) is 6.41 Å². The second-order valence-electron chi connectivity index (χ2n) is 2.93. The van der Waals surface area contributed by atoms with Gasteiger partial charge in [0, 0.05) is 6.54 Å². The minimum Gasteiger partial charge on any atom is -0.444 e. The van der Waals surface area contributed by atoms with E-state index in [4.69, 9.17) is 4.74 Å². The predicted molar refractivity (Wildman–Crippen MR) is 55.1 cm³/mol. The number of carbonyl (C=O) groups is 2. The molecule has 0 aliphatic rings. The second kappa shape index (κ2) is 5.80. The summed E-state index contributed by atoms with van der Waals surface area (Å²) in [6.07, 6.45) is -0.149. The molecule has 0 bridgehead atoms. The summed E-state index contributed by atoms with van der Waals surface area (Å²) in [6.45, 7) is 2.21. The zero-order chi connectivity index (χ0) is 11.1. The van der Waals surface area contributed by atoms with Crippen molar-refractivity contribution in [2.45, 2.75) is 13.5 Å². The van der Waals surface area contributed by atoms with Crippen molar-refractivity contribution in [3.8, 4) is 0 Å². The van der Waals surface area contributed by atoms with Gasteiger partial charge < -0.3 is 4.74 Å². The molecule has 4 heteroatoms. The lowest BCUT2D eigenvalue weighted by Crippen LogP contribution is -2.29. The number of carbonyl (C=O) groups excluding carboxylic acids is 2. The molecule has 0 fully saturated rings. The Bertz CT molecular complexity index is 324. The lowest BCUT2D eigenvalue weighted by atomic mass is 10.2. The first kappa shape index (κ1) is 11.2. The molecule has 4 nitrogen and oxygen atoms in total. The number of ether oxygens (including phenoxy) is 1. The summed E-state index contributed by atoms with van der Waals surface area (Å²) in [5.41, 5.74) is 0.896. The summed E-state index contributed by atoms with van der Waals surface area (Å²) in [7, 11) is 0. The number of hydrogen-bond acceptors (Lipinski definition) is 3. The predicted octanol–water partition coefficient (Wildman–Crippen LogP) is 1.80. The molecule has 0 saturated heterocycles. The van der Waals surface area contributed by atoms with Crippen molar-refractivity contribution in [3.05, 3.63) is 35.9 Å². The lowest BCUT2D eigenvalue weighted by Gasteiger charge is -2.12. The molecule has 0 aliphatic carbocycles. The molecule has 0 aliphatic heterocycles. The van der Waals surface area contributed by atoms with Crippen molar-refractivity contribution < 1.29 is 14.3 Å². The van der Waals surface area contributed by atoms with E-state index in [9.17, 15) is 9.59 Å². The van der Waals surface area contributed by atoms with Gasteiger partial charge >= 0.3 is 6.09 Å². The maximum Gasteiger partial charge on any atom is 0.416 e. The molecule has 0 atom stereocenters. The number of rotatable bonds is 4. The van der Waals surface area contributed by atoms with Crippen molar-refractivity contribution in [1.82, 2.24) is 4.90 Å². The Kier molecular flexibility index (Phi) is 4.34. The van der Waals surface area contributed by atoms with Crippen LogP contribution in [0.3, 0.4) is 0 Å². The highest BCUT2D eigenvalue weighted by Gasteiger charge is 2.10. The number of benzene rings is 1. The van der Waals surface area contributed by atoms with Gasteiger partial charge in [-0.1, -0.05) is 30.3 Å². The number of amides is 2. The van der Waals surface area contributed by atoms with E-state index in [1.54, 1.807) is 6.92 Å². The molecule has 0 heterocycles. The topological polar surface area (TPSA) is 46.6 Å². The molecule has 0 unspecified atom stereocenters. The molecule has 1 aromatic rings. The molecule has 15 heavy (non-hydrogen) atoms. The molecule has 0 aromatic heterocycles. The van der Waals surface area contributed by atoms with Crippen LogP contribution < -0.4 is 0 Å². The third kappa shape index (κ3) is 3.42. The first-order valence-corrected chi connectivity index (χ1v) is 4.70. The van der Waals surface area contributed by atoms with Crippen molar-refractivity contribution in [1.29, 1.82) is 0 Å². The van der Waals surface area contributed by atoms with Crippen molar-refractivity contribution in [2.24, 2.45) is 0 Å². The third-order valence-corrected chi connectivity index (χ3v) is 1.91. The Balaban J connectivity index is 2.44. The second-order valence-corrected chi connectivity index (χ2v) is 2.93. The van der Waals surface area contributed by atoms with E-state index in [0.29, 0.717) is 13.0 Å². The molecule has 0 radical (unpaired) electrons. The van der Waals surface area contributed by atoms with E-state index in [-0.39, 0.29) is 6.61 Å². The first-order valence-electron chi connectivity index (χ1n) is 4.70. The monoisotopic (exact) mass is 207 g/mol. The van der Waals surface area contributed by atoms with Gasteiger partial charge in [0.05, 0.1) is 0 Å². The van der Waals surface area contributed by atoms with Crippen LogP contribution in [0.1, 0.15) is 12.5 Å². The van der Waals surface area contributed by atoms with Gasteiger partial charge in [-0.3, -0.25) is 9.69 Å². The molecule has 0 spiro atoms. The Hall–Kier alpha value is -1.84. The SMILES string of the molecule is CCN(C=O)C(=O)OCc1ccccc1. The minimum atomic E-state index is -0.614. The standard InChI is InChI=1S/C11H13NO3/c1-2-12(9-13)11(14)15-8-10-6-4-3-5-7-10/h3-7,9H,2,8H2,1H3. The van der Waals surface area contributed by atoms with Crippen LogP contribution >= 0.6 is 0 Å². The number of imide groups is 1. The number of hydrogen-bond donors (Lipinski definition) is 0. The van der Waals surface area contributed by atoms with Gasteiger partial charge in [-0.2, -0.15) is 0 Å². The lowest BCUT2D eigenvalue weighted by molar-refractivity contribution is -0.116. The maximum atomic E-state index is 11.3. The molecule has 2 amide bonds. The zero-order valence-electron chi connectivity index (χ0n) is 8.55. The molecule has 0 saturated carbocycles. The van der Waals surface area contributed by atoms with E-state index in [2.05, 4.69) is 0 Å². The van der Waals surface area contributed by atoms with Crippen molar-refractivity contribution >= 4 is 12.5 Å². The van der Waals surface area contributed by atoms with Crippen LogP contribution in [-0.2, 0) is 16.1 Å². The summed E-state index contributed by atoms with van der Waals surface area (Å²) < 4.78 is 4.93. The van der Waals surface area contributed by atoms with Gasteiger partial charge in [0.1, 0.15) is 6.61 Å². The Labute approximate surface area is 88.5 Å². The summed E-state index contributed by atoms with van der Waals surface area (Å²) in [5.74, 6) is 0. The van der Waals surface area contributed by atoms with E-state index < -0.39 is 6.09 Å². The van der Waals surface area contributed by atoms with E-state index in [1.807, 2.05) is 30.3 Å². The average Bonchev–Trinajstić information content (AvgIpc) is 2.29. The summed E-state index contributed by atoms with van der Waals surface area (Å²) in [4.78, 5) is 22.6.